The molecule has 4 nitrogen and oxygen atoms in total. The Morgan fingerprint density at radius 1 is 0.938 bits per heavy atom. The van der Waals surface area contributed by atoms with Gasteiger partial charge in [0.1, 0.15) is 7.05 Å². The zero-order valence-corrected chi connectivity index (χ0v) is 19.8. The molecular formula is C28H35N3O+2. The van der Waals surface area contributed by atoms with E-state index in [1.807, 2.05) is 6.07 Å². The summed E-state index contributed by atoms with van der Waals surface area (Å²) in [7, 11) is 8.86. The molecule has 1 aromatic heterocycles. The lowest BCUT2D eigenvalue weighted by Gasteiger charge is -2.24. The van der Waals surface area contributed by atoms with Gasteiger partial charge >= 0.3 is 0 Å². The van der Waals surface area contributed by atoms with Crippen molar-refractivity contribution in [3.63, 3.8) is 0 Å². The van der Waals surface area contributed by atoms with Crippen molar-refractivity contribution in [1.29, 1.82) is 0 Å². The molecule has 1 aliphatic heterocycles. The van der Waals surface area contributed by atoms with E-state index in [4.69, 9.17) is 4.74 Å². The minimum absolute atomic E-state index is 0.903. The van der Waals surface area contributed by atoms with Crippen LogP contribution in [0.1, 0.15) is 24.8 Å². The zero-order chi connectivity index (χ0) is 22.6. The second kappa shape index (κ2) is 9.58. The molecule has 0 fully saturated rings. The molecule has 166 valence electrons. The summed E-state index contributed by atoms with van der Waals surface area (Å²) in [5, 5.41) is 1.25. The van der Waals surface area contributed by atoms with Crippen LogP contribution in [0, 0.1) is 0 Å². The number of aryl methyl sites for hydroxylation is 1. The van der Waals surface area contributed by atoms with E-state index >= 15 is 0 Å². The molecule has 1 aliphatic rings. The number of unbranched alkanes of at least 4 members (excludes halogenated alkanes) is 2. The molecule has 0 radical (unpaired) electrons. The van der Waals surface area contributed by atoms with Gasteiger partial charge in [0.05, 0.1) is 38.8 Å². The van der Waals surface area contributed by atoms with Crippen LogP contribution >= 0.6 is 0 Å². The van der Waals surface area contributed by atoms with E-state index in [1.165, 1.54) is 35.9 Å². The largest absolute Gasteiger partial charge is 0.439 e. The van der Waals surface area contributed by atoms with Crippen molar-refractivity contribution in [2.24, 2.45) is 7.05 Å². The highest BCUT2D eigenvalue weighted by Gasteiger charge is 2.24. The van der Waals surface area contributed by atoms with Crippen molar-refractivity contribution < 1.29 is 13.8 Å². The van der Waals surface area contributed by atoms with E-state index in [9.17, 15) is 0 Å². The number of quaternary nitrogens is 1. The molecule has 0 atom stereocenters. The summed E-state index contributed by atoms with van der Waals surface area (Å²) in [6, 6.07) is 19.0. The number of ether oxygens (including phenoxy) is 1. The van der Waals surface area contributed by atoms with Crippen LogP contribution in [-0.4, -0.2) is 38.7 Å². The SMILES string of the molecule is C[n+]1ccc(C=CC=C2Oc3ccccc3N2CCCCC[N+](C)(C)C)c2ccccc21. The molecule has 0 saturated heterocycles. The minimum atomic E-state index is 0.903. The van der Waals surface area contributed by atoms with Gasteiger partial charge in [0.15, 0.2) is 11.9 Å². The Bertz CT molecular complexity index is 1140. The van der Waals surface area contributed by atoms with Crippen molar-refractivity contribution in [1.82, 2.24) is 0 Å². The first-order valence-corrected chi connectivity index (χ1v) is 11.5. The highest BCUT2D eigenvalue weighted by Crippen LogP contribution is 2.38. The van der Waals surface area contributed by atoms with Crippen molar-refractivity contribution in [2.75, 3.05) is 39.1 Å². The van der Waals surface area contributed by atoms with Crippen LogP contribution in [-0.2, 0) is 7.05 Å². The molecule has 4 rings (SSSR count). The van der Waals surface area contributed by atoms with Crippen LogP contribution in [0.25, 0.3) is 17.0 Å². The van der Waals surface area contributed by atoms with Gasteiger partial charge in [0.2, 0.25) is 11.4 Å². The minimum Gasteiger partial charge on any atom is -0.439 e. The maximum Gasteiger partial charge on any atom is 0.212 e. The number of allylic oxidation sites excluding steroid dienone is 2. The molecule has 32 heavy (non-hydrogen) atoms. The Balaban J connectivity index is 1.49. The van der Waals surface area contributed by atoms with E-state index in [1.54, 1.807) is 0 Å². The summed E-state index contributed by atoms with van der Waals surface area (Å²) in [5.74, 6) is 1.84. The Morgan fingerprint density at radius 2 is 1.72 bits per heavy atom. The number of aromatic nitrogens is 1. The van der Waals surface area contributed by atoms with Crippen LogP contribution in [0.5, 0.6) is 5.75 Å². The summed E-state index contributed by atoms with van der Waals surface area (Å²) in [6.07, 6.45) is 12.1. The summed E-state index contributed by atoms with van der Waals surface area (Å²) in [5.41, 5.74) is 3.59. The average Bonchev–Trinajstić information content (AvgIpc) is 3.12. The molecule has 0 aliphatic carbocycles. The van der Waals surface area contributed by atoms with Crippen molar-refractivity contribution in [2.45, 2.75) is 19.3 Å². The first kappa shape index (κ1) is 22.1. The first-order valence-electron chi connectivity index (χ1n) is 11.5. The topological polar surface area (TPSA) is 16.4 Å². The Hall–Kier alpha value is -3.11. The third-order valence-corrected chi connectivity index (χ3v) is 5.93. The fourth-order valence-electron chi connectivity index (χ4n) is 4.21. The molecule has 0 unspecified atom stereocenters. The molecule has 2 aromatic carbocycles. The highest BCUT2D eigenvalue weighted by molar-refractivity contribution is 5.85. The van der Waals surface area contributed by atoms with Gasteiger partial charge in [0.25, 0.3) is 0 Å². The quantitative estimate of drug-likeness (QED) is 0.275. The second-order valence-corrected chi connectivity index (χ2v) is 9.56. The van der Waals surface area contributed by atoms with Crippen molar-refractivity contribution in [3.8, 4) is 5.75 Å². The van der Waals surface area contributed by atoms with Gasteiger partial charge in [-0.15, -0.1) is 0 Å². The predicted octanol–water partition coefficient (Wildman–Crippen LogP) is 5.29. The van der Waals surface area contributed by atoms with Crippen LogP contribution in [0.2, 0.25) is 0 Å². The summed E-state index contributed by atoms with van der Waals surface area (Å²) in [4.78, 5) is 2.31. The zero-order valence-electron chi connectivity index (χ0n) is 19.8. The van der Waals surface area contributed by atoms with E-state index in [0.717, 1.165) is 34.8 Å². The van der Waals surface area contributed by atoms with Crippen LogP contribution in [0.3, 0.4) is 0 Å². The number of nitrogens with zero attached hydrogens (tertiary/aromatic N) is 3. The molecule has 0 bridgehead atoms. The number of para-hydroxylation sites is 3. The fraction of sp³-hybridized carbons (Fsp3) is 0.321. The van der Waals surface area contributed by atoms with Gasteiger partial charge in [-0.3, -0.25) is 0 Å². The van der Waals surface area contributed by atoms with E-state index in [-0.39, 0.29) is 0 Å². The molecule has 0 N–H and O–H groups in total. The predicted molar refractivity (Wildman–Crippen MR) is 133 cm³/mol. The Morgan fingerprint density at radius 3 is 2.56 bits per heavy atom. The summed E-state index contributed by atoms with van der Waals surface area (Å²) < 4.78 is 9.38. The van der Waals surface area contributed by atoms with E-state index in [2.05, 4.69) is 111 Å². The molecule has 2 heterocycles. The maximum atomic E-state index is 6.20. The number of rotatable bonds is 8. The highest BCUT2D eigenvalue weighted by atomic mass is 16.5. The number of hydrogen-bond donors (Lipinski definition) is 0. The Labute approximate surface area is 192 Å². The Kier molecular flexibility index (Phi) is 6.61. The maximum absolute atomic E-state index is 6.20. The van der Waals surface area contributed by atoms with Crippen LogP contribution < -0.4 is 14.2 Å². The number of pyridine rings is 1. The van der Waals surface area contributed by atoms with Gasteiger partial charge in [0, 0.05) is 18.7 Å². The van der Waals surface area contributed by atoms with Gasteiger partial charge in [-0.25, -0.2) is 4.57 Å². The third-order valence-electron chi connectivity index (χ3n) is 5.93. The number of benzene rings is 2. The smallest absolute Gasteiger partial charge is 0.212 e. The lowest BCUT2D eigenvalue weighted by Crippen LogP contribution is -2.35. The van der Waals surface area contributed by atoms with Crippen molar-refractivity contribution in [3.05, 3.63) is 84.4 Å². The third kappa shape index (κ3) is 5.20. The molecular weight excluding hydrogens is 394 g/mol. The standard InChI is InChI=1S/C28H35N3O/c1-29-21-19-23(24-14-6-7-15-25(24)29)13-12-18-28-30(20-10-5-11-22-31(2,3)4)26-16-8-9-17-27(26)32-28/h6-9,12-19,21H,5,10-11,20,22H2,1-4H3/q+2. The lowest BCUT2D eigenvalue weighted by atomic mass is 10.1. The molecule has 0 spiro atoms. The van der Waals surface area contributed by atoms with Crippen LogP contribution in [0.4, 0.5) is 5.69 Å². The monoisotopic (exact) mass is 429 g/mol. The number of anilines is 1. The van der Waals surface area contributed by atoms with E-state index < -0.39 is 0 Å². The molecule has 4 heteroatoms. The fourth-order valence-corrected chi connectivity index (χ4v) is 4.21. The van der Waals surface area contributed by atoms with Gasteiger partial charge in [-0.1, -0.05) is 36.4 Å². The van der Waals surface area contributed by atoms with Gasteiger partial charge in [-0.2, -0.15) is 0 Å². The average molecular weight is 430 g/mol. The molecule has 3 aromatic rings. The first-order chi connectivity index (χ1) is 15.4. The van der Waals surface area contributed by atoms with Crippen LogP contribution in [0.15, 0.2) is 78.8 Å². The molecule has 0 saturated carbocycles. The normalized spacial score (nSPS) is 15.0. The van der Waals surface area contributed by atoms with Gasteiger partial charge in [-0.05, 0) is 49.1 Å². The van der Waals surface area contributed by atoms with Crippen molar-refractivity contribution >= 4 is 22.7 Å². The molecule has 0 amide bonds. The number of fused-ring (bicyclic) bond motifs is 2. The second-order valence-electron chi connectivity index (χ2n) is 9.56. The van der Waals surface area contributed by atoms with Gasteiger partial charge < -0.3 is 14.1 Å². The number of hydrogen-bond acceptors (Lipinski definition) is 2. The summed E-state index contributed by atoms with van der Waals surface area (Å²) >= 11 is 0. The summed E-state index contributed by atoms with van der Waals surface area (Å²) in [6.45, 7) is 2.18. The lowest BCUT2D eigenvalue weighted by molar-refractivity contribution is -0.870. The van der Waals surface area contributed by atoms with E-state index in [0.29, 0.717) is 0 Å².